The molecule has 4 heterocycles. The zero-order chi connectivity index (χ0) is 44.2. The second kappa shape index (κ2) is 16.4. The van der Waals surface area contributed by atoms with Crippen molar-refractivity contribution in [2.24, 2.45) is 5.41 Å². The third-order valence-corrected chi connectivity index (χ3v) is 11.8. The number of pyridine rings is 2. The number of fused-ring (bicyclic) bond motifs is 4. The van der Waals surface area contributed by atoms with Gasteiger partial charge in [0.15, 0.2) is 0 Å². The predicted molar refractivity (Wildman–Crippen MR) is 240 cm³/mol. The second-order valence-electron chi connectivity index (χ2n) is 16.4. The van der Waals surface area contributed by atoms with E-state index in [0.717, 1.165) is 66.5 Å². The van der Waals surface area contributed by atoms with Gasteiger partial charge < -0.3 is 14.0 Å². The minimum absolute atomic E-state index is 0. The fourth-order valence-corrected chi connectivity index (χ4v) is 8.54. The van der Waals surface area contributed by atoms with Gasteiger partial charge in [-0.15, -0.1) is 53.6 Å². The first-order valence-corrected chi connectivity index (χ1v) is 22.7. The maximum atomic E-state index is 8.79. The first-order chi connectivity index (χ1) is 29.3. The Hall–Kier alpha value is -5.46. The summed E-state index contributed by atoms with van der Waals surface area (Å²) in [7, 11) is -1.81. The van der Waals surface area contributed by atoms with E-state index in [1.54, 1.807) is 18.3 Å². The SMILES string of the molecule is Cc1ccc2c(n1)oc1c(-c3nc4ccccc4n3-c3ccccc3-c3ccccc3)[c-]ccc12.[2H]C([2H])([2H])c1c[c-]c(-c2cc(C([2H])([2H])C(C)(C)C)c([Si](C)(C)C)cn2)cc1.[Ir]. The van der Waals surface area contributed by atoms with E-state index in [-0.39, 0.29) is 25.7 Å². The van der Waals surface area contributed by atoms with Gasteiger partial charge in [0.05, 0.1) is 30.5 Å². The molecule has 0 amide bonds. The molecular weight excluding hydrogens is 905 g/mol. The zero-order valence-corrected chi connectivity index (χ0v) is 37.1. The molecule has 9 rings (SSSR count). The Morgan fingerprint density at radius 1 is 0.828 bits per heavy atom. The number of rotatable bonds is 6. The van der Waals surface area contributed by atoms with Crippen LogP contribution in [-0.2, 0) is 26.5 Å². The number of aryl methyl sites for hydroxylation is 2. The van der Waals surface area contributed by atoms with Crippen LogP contribution < -0.4 is 5.19 Å². The zero-order valence-electron chi connectivity index (χ0n) is 38.7. The van der Waals surface area contributed by atoms with Crippen molar-refractivity contribution in [2.45, 2.75) is 60.6 Å². The summed E-state index contributed by atoms with van der Waals surface area (Å²) in [5.41, 5.74) is 10.0. The molecule has 0 unspecified atom stereocenters. The third kappa shape index (κ3) is 8.40. The van der Waals surface area contributed by atoms with Crippen molar-refractivity contribution >= 4 is 46.4 Å². The number of hydrogen-bond acceptors (Lipinski definition) is 4. The molecule has 0 saturated heterocycles. The van der Waals surface area contributed by atoms with E-state index >= 15 is 0 Å². The molecule has 0 saturated carbocycles. The van der Waals surface area contributed by atoms with Crippen molar-refractivity contribution in [1.82, 2.24) is 19.5 Å². The van der Waals surface area contributed by atoms with E-state index in [2.05, 4.69) is 107 Å². The van der Waals surface area contributed by atoms with Gasteiger partial charge in [-0.05, 0) is 65.5 Å². The van der Waals surface area contributed by atoms with Gasteiger partial charge in [0.2, 0.25) is 5.71 Å². The first-order valence-electron chi connectivity index (χ1n) is 21.7. The van der Waals surface area contributed by atoms with Crippen LogP contribution in [-0.4, -0.2) is 27.6 Å². The number of benzene rings is 5. The molecule has 0 N–H and O–H groups in total. The topological polar surface area (TPSA) is 56.7 Å². The number of nitrogens with zero attached hydrogens (tertiary/aromatic N) is 4. The molecule has 5 aromatic carbocycles. The third-order valence-electron chi connectivity index (χ3n) is 9.76. The molecule has 9 aromatic rings. The fourth-order valence-electron chi connectivity index (χ4n) is 7.14. The maximum Gasteiger partial charge on any atom is 0.216 e. The van der Waals surface area contributed by atoms with Gasteiger partial charge in [0.25, 0.3) is 0 Å². The van der Waals surface area contributed by atoms with Crippen LogP contribution >= 0.6 is 0 Å². The summed E-state index contributed by atoms with van der Waals surface area (Å²) < 4.78 is 48.6. The summed E-state index contributed by atoms with van der Waals surface area (Å²) in [5, 5.41) is 3.01. The molecule has 293 valence electrons. The molecule has 0 aliphatic carbocycles. The van der Waals surface area contributed by atoms with Crippen LogP contribution in [0.5, 0.6) is 0 Å². The van der Waals surface area contributed by atoms with E-state index in [0.29, 0.717) is 22.5 Å². The molecule has 1 radical (unpaired) electrons. The summed E-state index contributed by atoms with van der Waals surface area (Å²) in [6, 6.07) is 48.1. The fraction of sp³-hybridized carbons (Fsp3) is 0.196. The monoisotopic (exact) mass is 958 g/mol. The molecule has 0 aliphatic rings. The minimum atomic E-state index is -2.17. The Morgan fingerprint density at radius 3 is 2.33 bits per heavy atom. The Labute approximate surface area is 363 Å². The van der Waals surface area contributed by atoms with Crippen LogP contribution in [0.15, 0.2) is 138 Å². The molecule has 0 atom stereocenters. The Morgan fingerprint density at radius 2 is 1.59 bits per heavy atom. The van der Waals surface area contributed by atoms with Gasteiger partial charge in [-0.3, -0.25) is 4.98 Å². The Balaban J connectivity index is 0.000000193. The van der Waals surface area contributed by atoms with Crippen molar-refractivity contribution in [2.75, 3.05) is 0 Å². The van der Waals surface area contributed by atoms with Crippen molar-refractivity contribution < 1.29 is 31.4 Å². The number of imidazole rings is 1. The molecule has 0 aliphatic heterocycles. The summed E-state index contributed by atoms with van der Waals surface area (Å²) in [4.78, 5) is 14.3. The summed E-state index contributed by atoms with van der Waals surface area (Å²) in [6.45, 7) is 12.1. The molecule has 5 nitrogen and oxygen atoms in total. The maximum absolute atomic E-state index is 8.79. The molecular formula is C51H48IrN4OSi-2. The van der Waals surface area contributed by atoms with Crippen LogP contribution in [0.1, 0.15) is 44.4 Å². The van der Waals surface area contributed by atoms with Gasteiger partial charge in [-0.25, -0.2) is 4.98 Å². The summed E-state index contributed by atoms with van der Waals surface area (Å²) in [5.74, 6) is 0.788. The number of hydrogen-bond donors (Lipinski definition) is 0. The molecule has 0 bridgehead atoms. The molecule has 4 aromatic heterocycles. The van der Waals surface area contributed by atoms with Crippen molar-refractivity contribution in [3.63, 3.8) is 0 Å². The Bertz CT molecular complexity index is 3080. The van der Waals surface area contributed by atoms with Crippen LogP contribution in [0.3, 0.4) is 0 Å². The Kier molecular flexibility index (Phi) is 9.78. The molecule has 0 spiro atoms. The van der Waals surface area contributed by atoms with Gasteiger partial charge >= 0.3 is 0 Å². The van der Waals surface area contributed by atoms with Gasteiger partial charge in [-0.1, -0.05) is 131 Å². The van der Waals surface area contributed by atoms with Gasteiger partial charge in [0, 0.05) is 55.5 Å². The smallest absolute Gasteiger partial charge is 0.216 e. The van der Waals surface area contributed by atoms with E-state index < -0.39 is 26.7 Å². The normalized spacial score (nSPS) is 13.5. The molecule has 58 heavy (non-hydrogen) atoms. The number of furan rings is 1. The van der Waals surface area contributed by atoms with Gasteiger partial charge in [0.1, 0.15) is 0 Å². The van der Waals surface area contributed by atoms with E-state index in [1.165, 1.54) is 6.07 Å². The van der Waals surface area contributed by atoms with E-state index in [9.17, 15) is 0 Å². The van der Waals surface area contributed by atoms with Crippen LogP contribution in [0.4, 0.5) is 0 Å². The molecule has 0 fully saturated rings. The number of aromatic nitrogens is 4. The van der Waals surface area contributed by atoms with Crippen LogP contribution in [0.25, 0.3) is 72.6 Å². The largest absolute Gasteiger partial charge is 0.486 e. The molecule has 7 heteroatoms. The standard InChI is InChI=1S/C31H20N3O.C20H28NSi.Ir/c1-20-18-19-24-23-13-9-14-25(29(23)35-31(24)32-20)30-33-26-15-6-8-17-28(26)34(30)27-16-7-5-12-22(27)21-10-3-2-4-11-21;1-15-8-10-16(11-9-15)18-12-17(13-20(2,3)4)19(14-21-18)22(5,6)7;/h2-13,15-19H,1H3;8-10,12,14H,13H2,1-7H3;/q2*-1;/i;1D3,13D2;. The average Bonchev–Trinajstić information content (AvgIpc) is 3.81. The number of para-hydroxylation sites is 3. The summed E-state index contributed by atoms with van der Waals surface area (Å²) >= 11 is 0. The average molecular weight is 958 g/mol. The van der Waals surface area contributed by atoms with Crippen LogP contribution in [0.2, 0.25) is 19.6 Å². The second-order valence-corrected chi connectivity index (χ2v) is 21.4. The van der Waals surface area contributed by atoms with Crippen molar-refractivity contribution in [1.29, 1.82) is 0 Å². The van der Waals surface area contributed by atoms with Crippen molar-refractivity contribution in [3.8, 4) is 39.5 Å². The van der Waals surface area contributed by atoms with Gasteiger partial charge in [-0.2, -0.15) is 0 Å². The van der Waals surface area contributed by atoms with E-state index in [4.69, 9.17) is 16.3 Å². The van der Waals surface area contributed by atoms with Crippen LogP contribution in [0, 0.1) is 31.3 Å². The first kappa shape index (κ1) is 34.6. The minimum Gasteiger partial charge on any atom is -0.486 e. The quantitative estimate of drug-likeness (QED) is 0.123. The van der Waals surface area contributed by atoms with Crippen molar-refractivity contribution in [3.05, 3.63) is 163 Å². The predicted octanol–water partition coefficient (Wildman–Crippen LogP) is 12.8. The summed E-state index contributed by atoms with van der Waals surface area (Å²) in [6.07, 6.45) is 0.269. The van der Waals surface area contributed by atoms with E-state index in [1.807, 2.05) is 76.2 Å².